The number of halogens is 2. The third-order valence-corrected chi connectivity index (χ3v) is 4.12. The molecule has 0 unspecified atom stereocenters. The molecule has 1 aliphatic rings. The van der Waals surface area contributed by atoms with Gasteiger partial charge in [-0.1, -0.05) is 12.1 Å². The number of hydrogen-bond donors (Lipinski definition) is 2. The van der Waals surface area contributed by atoms with E-state index < -0.39 is 0 Å². The maximum Gasteiger partial charge on any atom is 0.243 e. The summed E-state index contributed by atoms with van der Waals surface area (Å²) in [5.74, 6) is 0.382. The third-order valence-electron chi connectivity index (χ3n) is 4.12. The minimum Gasteiger partial charge on any atom is -0.357 e. The molecule has 0 spiro atoms. The zero-order chi connectivity index (χ0) is 16.9. The lowest BCUT2D eigenvalue weighted by atomic mass is 9.96. The molecular formula is C17H26FIN4O. The highest BCUT2D eigenvalue weighted by molar-refractivity contribution is 14.0. The van der Waals surface area contributed by atoms with Crippen molar-refractivity contribution in [3.05, 3.63) is 35.6 Å². The minimum absolute atomic E-state index is 0. The molecule has 24 heavy (non-hydrogen) atoms. The van der Waals surface area contributed by atoms with Gasteiger partial charge in [-0.2, -0.15) is 0 Å². The molecule has 1 saturated carbocycles. The highest BCUT2D eigenvalue weighted by Gasteiger charge is 2.44. The Morgan fingerprint density at radius 2 is 1.88 bits per heavy atom. The predicted octanol–water partition coefficient (Wildman–Crippen LogP) is 2.12. The molecule has 2 rings (SSSR count). The van der Waals surface area contributed by atoms with Gasteiger partial charge in [0, 0.05) is 32.6 Å². The van der Waals surface area contributed by atoms with Gasteiger partial charge in [0.1, 0.15) is 12.4 Å². The molecule has 1 aliphatic carbocycles. The van der Waals surface area contributed by atoms with Gasteiger partial charge in [-0.3, -0.25) is 4.79 Å². The Hall–Kier alpha value is -1.38. The van der Waals surface area contributed by atoms with Crippen LogP contribution in [0.2, 0.25) is 0 Å². The monoisotopic (exact) mass is 448 g/mol. The van der Waals surface area contributed by atoms with Crippen LogP contribution in [-0.2, 0) is 10.2 Å². The molecule has 0 saturated heterocycles. The van der Waals surface area contributed by atoms with Crippen molar-refractivity contribution >= 4 is 35.8 Å². The second-order valence-electron chi connectivity index (χ2n) is 6.12. The van der Waals surface area contributed by atoms with Crippen molar-refractivity contribution in [2.24, 2.45) is 4.99 Å². The van der Waals surface area contributed by atoms with Gasteiger partial charge >= 0.3 is 0 Å². The summed E-state index contributed by atoms with van der Waals surface area (Å²) in [5.41, 5.74) is 1.20. The first-order valence-corrected chi connectivity index (χ1v) is 7.95. The number of carbonyl (C=O) groups excluding carboxylic acids is 1. The number of guanidine groups is 1. The Morgan fingerprint density at radius 3 is 2.38 bits per heavy atom. The number of nitrogens with zero attached hydrogens (tertiary/aromatic N) is 2. The van der Waals surface area contributed by atoms with E-state index in [2.05, 4.69) is 15.6 Å². The summed E-state index contributed by atoms with van der Waals surface area (Å²) in [6.07, 6.45) is 2.14. The molecule has 1 fully saturated rings. The summed E-state index contributed by atoms with van der Waals surface area (Å²) in [4.78, 5) is 17.5. The van der Waals surface area contributed by atoms with Crippen LogP contribution in [0.5, 0.6) is 0 Å². The van der Waals surface area contributed by atoms with Crippen LogP contribution >= 0.6 is 24.0 Å². The highest BCUT2D eigenvalue weighted by Crippen LogP contribution is 2.47. The van der Waals surface area contributed by atoms with Gasteiger partial charge in [0.15, 0.2) is 5.96 Å². The highest BCUT2D eigenvalue weighted by atomic mass is 127. The fourth-order valence-electron chi connectivity index (χ4n) is 2.40. The van der Waals surface area contributed by atoms with Crippen LogP contribution in [0.4, 0.5) is 4.39 Å². The summed E-state index contributed by atoms with van der Waals surface area (Å²) in [6, 6.07) is 6.71. The zero-order valence-electron chi connectivity index (χ0n) is 14.4. The van der Waals surface area contributed by atoms with E-state index in [0.29, 0.717) is 5.96 Å². The van der Waals surface area contributed by atoms with Crippen LogP contribution in [0, 0.1) is 5.82 Å². The van der Waals surface area contributed by atoms with E-state index in [1.807, 2.05) is 19.1 Å². The number of nitrogens with one attached hydrogen (secondary N) is 2. The SMILES string of the molecule is CCNC(=NCC(=O)N(C)C)NCC1(c2ccc(F)cc2)CC1.I. The minimum atomic E-state index is -0.213. The standard InChI is InChI=1S/C17H25FN4O.HI/c1-4-19-16(20-11-15(23)22(2)3)21-12-17(9-10-17)13-5-7-14(18)8-6-13;/h5-8H,4,9-12H2,1-3H3,(H2,19,20,21);1H. The van der Waals surface area contributed by atoms with Crippen molar-refractivity contribution in [2.45, 2.75) is 25.2 Å². The van der Waals surface area contributed by atoms with Gasteiger partial charge in [0.05, 0.1) is 0 Å². The predicted molar refractivity (Wildman–Crippen MR) is 105 cm³/mol. The number of rotatable bonds is 6. The topological polar surface area (TPSA) is 56.7 Å². The molecule has 0 heterocycles. The molecular weight excluding hydrogens is 422 g/mol. The Bertz CT molecular complexity index is 570. The molecule has 1 aromatic rings. The zero-order valence-corrected chi connectivity index (χ0v) is 16.8. The van der Waals surface area contributed by atoms with Gasteiger partial charge in [0.25, 0.3) is 0 Å². The number of carbonyl (C=O) groups is 1. The van der Waals surface area contributed by atoms with Crippen molar-refractivity contribution in [3.8, 4) is 0 Å². The lowest BCUT2D eigenvalue weighted by Crippen LogP contribution is -2.42. The molecule has 1 amide bonds. The van der Waals surface area contributed by atoms with Crippen molar-refractivity contribution in [3.63, 3.8) is 0 Å². The molecule has 7 heteroatoms. The lowest BCUT2D eigenvalue weighted by molar-refractivity contribution is -0.127. The Kier molecular flexibility index (Phi) is 7.92. The van der Waals surface area contributed by atoms with Gasteiger partial charge < -0.3 is 15.5 Å². The average molecular weight is 448 g/mol. The molecule has 0 bridgehead atoms. The van der Waals surface area contributed by atoms with Crippen LogP contribution in [0.25, 0.3) is 0 Å². The van der Waals surface area contributed by atoms with Crippen LogP contribution in [0.1, 0.15) is 25.3 Å². The van der Waals surface area contributed by atoms with E-state index in [4.69, 9.17) is 0 Å². The molecule has 0 aromatic heterocycles. The van der Waals surface area contributed by atoms with Gasteiger partial charge in [0.2, 0.25) is 5.91 Å². The van der Waals surface area contributed by atoms with E-state index in [0.717, 1.165) is 31.5 Å². The Morgan fingerprint density at radius 1 is 1.25 bits per heavy atom. The average Bonchev–Trinajstić information content (AvgIpc) is 3.31. The lowest BCUT2D eigenvalue weighted by Gasteiger charge is -2.19. The summed E-state index contributed by atoms with van der Waals surface area (Å²) < 4.78 is 13.1. The van der Waals surface area contributed by atoms with Gasteiger partial charge in [-0.05, 0) is 37.5 Å². The first kappa shape index (κ1) is 20.7. The summed E-state index contributed by atoms with van der Waals surface area (Å²) >= 11 is 0. The first-order chi connectivity index (χ1) is 11.0. The first-order valence-electron chi connectivity index (χ1n) is 7.95. The second-order valence-corrected chi connectivity index (χ2v) is 6.12. The Balaban J connectivity index is 0.00000288. The van der Waals surface area contributed by atoms with E-state index in [9.17, 15) is 9.18 Å². The van der Waals surface area contributed by atoms with Crippen LogP contribution < -0.4 is 10.6 Å². The maximum atomic E-state index is 13.1. The molecule has 2 N–H and O–H groups in total. The normalized spacial score (nSPS) is 15.2. The van der Waals surface area contributed by atoms with Crippen LogP contribution in [0.15, 0.2) is 29.3 Å². The van der Waals surface area contributed by atoms with Crippen molar-refractivity contribution in [1.82, 2.24) is 15.5 Å². The molecule has 0 atom stereocenters. The van der Waals surface area contributed by atoms with Crippen molar-refractivity contribution in [1.29, 1.82) is 0 Å². The van der Waals surface area contributed by atoms with Crippen molar-refractivity contribution in [2.75, 3.05) is 33.7 Å². The smallest absolute Gasteiger partial charge is 0.243 e. The number of benzene rings is 1. The summed E-state index contributed by atoms with van der Waals surface area (Å²) in [6.45, 7) is 3.55. The van der Waals surface area contributed by atoms with Crippen molar-refractivity contribution < 1.29 is 9.18 Å². The van der Waals surface area contributed by atoms with E-state index >= 15 is 0 Å². The largest absolute Gasteiger partial charge is 0.357 e. The van der Waals surface area contributed by atoms with E-state index in [1.165, 1.54) is 17.0 Å². The van der Waals surface area contributed by atoms with E-state index in [1.54, 1.807) is 14.1 Å². The van der Waals surface area contributed by atoms with Gasteiger partial charge in [-0.25, -0.2) is 9.38 Å². The molecule has 0 aliphatic heterocycles. The number of aliphatic imine (C=N–C) groups is 1. The fourth-order valence-corrected chi connectivity index (χ4v) is 2.40. The van der Waals surface area contributed by atoms with Crippen LogP contribution in [0.3, 0.4) is 0 Å². The second kappa shape index (κ2) is 9.19. The van der Waals surface area contributed by atoms with E-state index in [-0.39, 0.29) is 47.7 Å². The summed E-state index contributed by atoms with van der Waals surface area (Å²) in [7, 11) is 3.43. The quantitative estimate of drug-likeness (QED) is 0.399. The Labute approximate surface area is 160 Å². The third kappa shape index (κ3) is 5.61. The maximum absolute atomic E-state index is 13.1. The number of hydrogen-bond acceptors (Lipinski definition) is 2. The van der Waals surface area contributed by atoms with Crippen LogP contribution in [-0.4, -0.2) is 50.5 Å². The van der Waals surface area contributed by atoms with Gasteiger partial charge in [-0.15, -0.1) is 24.0 Å². The number of likely N-dealkylation sites (N-methyl/N-ethyl adjacent to an activating group) is 1. The fraction of sp³-hybridized carbons (Fsp3) is 0.529. The molecule has 5 nitrogen and oxygen atoms in total. The molecule has 134 valence electrons. The molecule has 0 radical (unpaired) electrons. The molecule has 1 aromatic carbocycles. The summed E-state index contributed by atoms with van der Waals surface area (Å²) in [5, 5.41) is 6.45. The number of amides is 1.